The van der Waals surface area contributed by atoms with E-state index in [1.807, 2.05) is 32.9 Å². The van der Waals surface area contributed by atoms with Gasteiger partial charge in [0.15, 0.2) is 0 Å². The quantitative estimate of drug-likeness (QED) is 0.104. The van der Waals surface area contributed by atoms with Gasteiger partial charge in [-0.15, -0.1) is 11.8 Å². The summed E-state index contributed by atoms with van der Waals surface area (Å²) >= 11 is 1.31. The number of rotatable bonds is 12. The Morgan fingerprint density at radius 1 is 1.12 bits per heavy atom. The molecule has 43 heavy (non-hydrogen) atoms. The number of carbonyl (C=O) groups excluding carboxylic acids is 1. The van der Waals surface area contributed by atoms with E-state index < -0.39 is 27.8 Å². The number of benzene rings is 2. The minimum Gasteiger partial charge on any atom is -0.476 e. The van der Waals surface area contributed by atoms with E-state index >= 15 is 0 Å². The van der Waals surface area contributed by atoms with Crippen LogP contribution in [0, 0.1) is 5.41 Å². The van der Waals surface area contributed by atoms with Gasteiger partial charge in [-0.1, -0.05) is 39.5 Å². The van der Waals surface area contributed by atoms with Crippen LogP contribution in [-0.2, 0) is 4.79 Å². The molecule has 0 saturated heterocycles. The van der Waals surface area contributed by atoms with Gasteiger partial charge in [0.25, 0.3) is 5.91 Å². The molecule has 2 aromatic carbocycles. The summed E-state index contributed by atoms with van der Waals surface area (Å²) in [5.41, 5.74) is 1.09. The minimum atomic E-state index is -3.36. The van der Waals surface area contributed by atoms with Gasteiger partial charge in [-0.25, -0.2) is 4.79 Å². The van der Waals surface area contributed by atoms with E-state index in [0.717, 1.165) is 44.2 Å². The van der Waals surface area contributed by atoms with Crippen molar-refractivity contribution in [2.45, 2.75) is 88.5 Å². The molecule has 0 fully saturated rings. The SMILES string of the molecule is CCCCC1(CCCC)CN(c2ccc(C(=O)NC(C)(C)C)cc2)c2cc(SC)c(O/C=C(\F)C(=O)O)cc2S(O)(O)C1. The lowest BCUT2D eigenvalue weighted by molar-refractivity contribution is -0.134. The largest absolute Gasteiger partial charge is 0.476 e. The van der Waals surface area contributed by atoms with Crippen LogP contribution >= 0.6 is 22.4 Å². The molecule has 0 bridgehead atoms. The average molecular weight is 637 g/mol. The number of anilines is 2. The van der Waals surface area contributed by atoms with E-state index in [4.69, 9.17) is 9.84 Å². The lowest BCUT2D eigenvalue weighted by Gasteiger charge is -2.42. The molecule has 0 unspecified atom stereocenters. The first-order valence-electron chi connectivity index (χ1n) is 14.6. The molecule has 1 amide bonds. The number of halogens is 1. The third-order valence-electron chi connectivity index (χ3n) is 7.43. The second-order valence-electron chi connectivity index (χ2n) is 12.2. The highest BCUT2D eigenvalue weighted by atomic mass is 32.3. The number of nitrogens with one attached hydrogen (secondary N) is 1. The molecule has 1 heterocycles. The van der Waals surface area contributed by atoms with Crippen molar-refractivity contribution in [2.75, 3.05) is 23.5 Å². The third kappa shape index (κ3) is 8.90. The van der Waals surface area contributed by atoms with E-state index in [0.29, 0.717) is 29.0 Å². The van der Waals surface area contributed by atoms with Crippen molar-refractivity contribution in [1.29, 1.82) is 0 Å². The van der Waals surface area contributed by atoms with E-state index in [1.165, 1.54) is 17.8 Å². The van der Waals surface area contributed by atoms with Crippen molar-refractivity contribution >= 4 is 45.6 Å². The summed E-state index contributed by atoms with van der Waals surface area (Å²) in [6.07, 6.45) is 7.72. The number of fused-ring (bicyclic) bond motifs is 1. The van der Waals surface area contributed by atoms with Crippen molar-refractivity contribution in [3.63, 3.8) is 0 Å². The van der Waals surface area contributed by atoms with Crippen molar-refractivity contribution in [3.8, 4) is 5.75 Å². The molecule has 0 aromatic heterocycles. The van der Waals surface area contributed by atoms with Crippen molar-refractivity contribution < 1.29 is 32.9 Å². The first kappa shape index (κ1) is 34.8. The van der Waals surface area contributed by atoms with Gasteiger partial charge in [-0.2, -0.15) is 15.0 Å². The van der Waals surface area contributed by atoms with Gasteiger partial charge in [0.2, 0.25) is 5.83 Å². The minimum absolute atomic E-state index is 0.131. The molecule has 4 N–H and O–H groups in total. The van der Waals surface area contributed by atoms with Crippen LogP contribution in [0.15, 0.2) is 58.3 Å². The summed E-state index contributed by atoms with van der Waals surface area (Å²) in [5.74, 6) is -3.12. The number of hydrogen-bond acceptors (Lipinski definition) is 7. The number of unbranched alkanes of at least 4 members (excludes halogenated alkanes) is 2. The Hall–Kier alpha value is -2.73. The van der Waals surface area contributed by atoms with Crippen LogP contribution in [0.4, 0.5) is 15.8 Å². The van der Waals surface area contributed by atoms with Crippen LogP contribution in [0.1, 0.15) is 83.5 Å². The highest BCUT2D eigenvalue weighted by Crippen LogP contribution is 2.62. The molecule has 1 aliphatic rings. The lowest BCUT2D eigenvalue weighted by Crippen LogP contribution is -2.40. The fraction of sp³-hybridized carbons (Fsp3) is 0.500. The maximum absolute atomic E-state index is 13.8. The molecule has 0 radical (unpaired) electrons. The van der Waals surface area contributed by atoms with Gasteiger partial charge in [0.1, 0.15) is 12.0 Å². The Morgan fingerprint density at radius 3 is 2.23 bits per heavy atom. The second-order valence-corrected chi connectivity index (χ2v) is 15.1. The molecule has 8 nitrogen and oxygen atoms in total. The number of carboxylic acid groups (broad SMARTS) is 1. The zero-order valence-electron chi connectivity index (χ0n) is 25.9. The number of aliphatic carboxylic acids is 1. The van der Waals surface area contributed by atoms with Crippen molar-refractivity contribution in [3.05, 3.63) is 54.1 Å². The molecule has 1 aliphatic heterocycles. The number of thioether (sulfide) groups is 1. The zero-order valence-corrected chi connectivity index (χ0v) is 27.5. The van der Waals surface area contributed by atoms with Crippen LogP contribution < -0.4 is 15.0 Å². The van der Waals surface area contributed by atoms with Gasteiger partial charge in [0, 0.05) is 40.6 Å². The molecule has 0 atom stereocenters. The number of carboxylic acids is 1. The number of ether oxygens (including phenoxy) is 1. The van der Waals surface area contributed by atoms with Crippen LogP contribution in [0.5, 0.6) is 5.75 Å². The van der Waals surface area contributed by atoms with Crippen LogP contribution in [0.25, 0.3) is 0 Å². The van der Waals surface area contributed by atoms with Crippen molar-refractivity contribution in [1.82, 2.24) is 5.32 Å². The third-order valence-corrected chi connectivity index (χ3v) is 10.2. The fourth-order valence-electron chi connectivity index (χ4n) is 5.36. The van der Waals surface area contributed by atoms with Gasteiger partial charge >= 0.3 is 5.97 Å². The predicted octanol–water partition coefficient (Wildman–Crippen LogP) is 8.84. The fourth-order valence-corrected chi connectivity index (χ4v) is 8.09. The van der Waals surface area contributed by atoms with Crippen LogP contribution in [0.3, 0.4) is 0 Å². The second kappa shape index (κ2) is 14.4. The summed E-state index contributed by atoms with van der Waals surface area (Å²) in [6, 6.07) is 10.6. The number of nitrogens with zero attached hydrogens (tertiary/aromatic N) is 1. The molecular weight excluding hydrogens is 591 g/mol. The summed E-state index contributed by atoms with van der Waals surface area (Å²) in [7, 11) is -3.36. The van der Waals surface area contributed by atoms with Gasteiger partial charge < -0.3 is 20.1 Å². The van der Waals surface area contributed by atoms with E-state index in [-0.39, 0.29) is 27.8 Å². The van der Waals surface area contributed by atoms with E-state index in [2.05, 4.69) is 24.1 Å². The monoisotopic (exact) mass is 636 g/mol. The van der Waals surface area contributed by atoms with Gasteiger partial charge in [-0.3, -0.25) is 13.9 Å². The molecule has 3 rings (SSSR count). The maximum Gasteiger partial charge on any atom is 0.368 e. The highest BCUT2D eigenvalue weighted by Gasteiger charge is 2.42. The predicted molar refractivity (Wildman–Crippen MR) is 174 cm³/mol. The van der Waals surface area contributed by atoms with Gasteiger partial charge in [-0.05, 0) is 70.2 Å². The summed E-state index contributed by atoms with van der Waals surface area (Å²) in [6.45, 7) is 10.5. The molecule has 11 heteroatoms. The standard InChI is InChI=1S/C32H45FN2O6S2/c1-7-9-15-32(16-10-8-2)20-35(23-13-11-22(12-14-23)29(36)34-31(3,4)5)25-17-27(42-6)26(41-19-24(33)30(37)38)18-28(25)43(39,40)21-32/h11-14,17-19,39-40H,7-10,15-16,20-21H2,1-6H3,(H,34,36)(H,37,38)/b24-19-. The maximum atomic E-state index is 13.8. The van der Waals surface area contributed by atoms with E-state index in [9.17, 15) is 23.1 Å². The van der Waals surface area contributed by atoms with Crippen LogP contribution in [-0.4, -0.2) is 50.2 Å². The first-order chi connectivity index (χ1) is 20.1. The van der Waals surface area contributed by atoms with Crippen LogP contribution in [0.2, 0.25) is 0 Å². The summed E-state index contributed by atoms with van der Waals surface area (Å²) in [5, 5.41) is 11.9. The average Bonchev–Trinajstić information content (AvgIpc) is 3.04. The van der Waals surface area contributed by atoms with E-state index in [1.54, 1.807) is 24.5 Å². The molecule has 0 spiro atoms. The molecule has 0 aliphatic carbocycles. The summed E-state index contributed by atoms with van der Waals surface area (Å²) < 4.78 is 42.8. The molecular formula is C32H45FN2O6S2. The Balaban J connectivity index is 2.21. The Kier molecular flexibility index (Phi) is 11.6. The lowest BCUT2D eigenvalue weighted by atomic mass is 9.79. The van der Waals surface area contributed by atoms with Gasteiger partial charge in [0.05, 0.1) is 15.5 Å². The van der Waals surface area contributed by atoms with Crippen molar-refractivity contribution in [2.24, 2.45) is 5.41 Å². The Morgan fingerprint density at radius 2 is 1.72 bits per heavy atom. The Labute approximate surface area is 260 Å². The number of hydrogen-bond donors (Lipinski definition) is 4. The molecule has 0 saturated carbocycles. The Bertz CT molecular complexity index is 1320. The smallest absolute Gasteiger partial charge is 0.368 e. The normalized spacial score (nSPS) is 17.0. The number of amides is 1. The highest BCUT2D eigenvalue weighted by molar-refractivity contribution is 8.24. The molecule has 2 aromatic rings. The molecule has 238 valence electrons. The zero-order chi connectivity index (χ0) is 32.0. The number of carbonyl (C=O) groups is 2. The first-order valence-corrected chi connectivity index (χ1v) is 17.5. The topological polar surface area (TPSA) is 119 Å². The summed E-state index contributed by atoms with van der Waals surface area (Å²) in [4.78, 5) is 26.7.